The summed E-state index contributed by atoms with van der Waals surface area (Å²) in [5, 5.41) is 42.0. The quantitative estimate of drug-likeness (QED) is 0.0301. The Balaban J connectivity index is 2.77. The maximum Gasteiger partial charge on any atom is 0.305 e. The van der Waals surface area contributed by atoms with Crippen molar-refractivity contribution in [3.8, 4) is 0 Å². The summed E-state index contributed by atoms with van der Waals surface area (Å²) >= 11 is 0. The molecule has 1 aromatic carbocycles. The van der Waals surface area contributed by atoms with Crippen molar-refractivity contribution in [1.29, 1.82) is 0 Å². The molecule has 0 aromatic heterocycles. The van der Waals surface area contributed by atoms with Crippen LogP contribution in [0.2, 0.25) is 0 Å². The molecule has 0 spiro atoms. The highest BCUT2D eigenvalue weighted by Crippen LogP contribution is 2.16. The number of allylic oxidation sites excluding steroid dienone is 5. The van der Waals surface area contributed by atoms with E-state index in [1.807, 2.05) is 37.3 Å². The number of carbonyl (C=O) groups excluding carboxylic acids is 6. The molecule has 9 N–H and O–H groups in total. The normalized spacial score (nSPS) is 13.5. The number of benzene rings is 1. The van der Waals surface area contributed by atoms with Gasteiger partial charge < -0.3 is 52.1 Å². The number of aliphatic carboxylic acids is 3. The number of amides is 6. The van der Waals surface area contributed by atoms with Crippen LogP contribution < -0.4 is 36.8 Å². The fourth-order valence-electron chi connectivity index (χ4n) is 5.95. The Morgan fingerprint density at radius 3 is 1.83 bits per heavy atom. The third kappa shape index (κ3) is 22.8. The van der Waals surface area contributed by atoms with E-state index < -0.39 is 103 Å². The van der Waals surface area contributed by atoms with Crippen LogP contribution >= 0.6 is 0 Å². The lowest BCUT2D eigenvalue weighted by atomic mass is 10.0. The lowest BCUT2D eigenvalue weighted by molar-refractivity contribution is -0.142. The average molecular weight is 897 g/mol. The average Bonchev–Trinajstić information content (AvgIpc) is 3.22. The number of hydrogen-bond donors (Lipinski definition) is 9. The minimum absolute atomic E-state index is 0.00899. The monoisotopic (exact) mass is 896 g/mol. The molecule has 0 bridgehead atoms. The number of aliphatic imine (C=N–C) groups is 1. The highest BCUT2D eigenvalue weighted by atomic mass is 16.4. The lowest BCUT2D eigenvalue weighted by Gasteiger charge is -2.27. The summed E-state index contributed by atoms with van der Waals surface area (Å²) < 4.78 is 0. The first kappa shape index (κ1) is 55.2. The zero-order valence-corrected chi connectivity index (χ0v) is 37.3. The van der Waals surface area contributed by atoms with Crippen molar-refractivity contribution >= 4 is 71.3 Å². The van der Waals surface area contributed by atoms with Crippen LogP contribution in [-0.4, -0.2) is 132 Å². The van der Waals surface area contributed by atoms with E-state index in [0.29, 0.717) is 13.0 Å². The van der Waals surface area contributed by atoms with Gasteiger partial charge >= 0.3 is 17.9 Å². The van der Waals surface area contributed by atoms with E-state index in [2.05, 4.69) is 79.9 Å². The molecule has 0 saturated heterocycles. The van der Waals surface area contributed by atoms with Gasteiger partial charge in [0.25, 0.3) is 0 Å². The van der Waals surface area contributed by atoms with E-state index in [-0.39, 0.29) is 25.4 Å². The number of anilines is 1. The maximum absolute atomic E-state index is 13.4. The second-order valence-electron chi connectivity index (χ2n) is 14.8. The summed E-state index contributed by atoms with van der Waals surface area (Å²) in [4.78, 5) is 117. The first-order valence-corrected chi connectivity index (χ1v) is 21.0. The van der Waals surface area contributed by atoms with Gasteiger partial charge in [-0.05, 0) is 68.9 Å². The second-order valence-corrected chi connectivity index (χ2v) is 14.8. The predicted molar refractivity (Wildman–Crippen MR) is 240 cm³/mol. The molecule has 0 saturated carbocycles. The largest absolute Gasteiger partial charge is 0.481 e. The van der Waals surface area contributed by atoms with Crippen LogP contribution in [0.1, 0.15) is 85.6 Å². The van der Waals surface area contributed by atoms with Crippen molar-refractivity contribution in [2.45, 2.75) is 104 Å². The molecule has 0 aliphatic heterocycles. The van der Waals surface area contributed by atoms with Gasteiger partial charge in [-0.15, -0.1) is 0 Å². The minimum atomic E-state index is -1.62. The topological polar surface area (TPSA) is 302 Å². The molecule has 20 heteroatoms. The SMILES string of the molecule is C/C=C\C(C=Cc1ccc(N(CC)CC)cc1)=C/C=NCCCC(=O)NCCNC(=O)[C@@H](CC(=O)O)NC(=O)[C@H](NC(=O)[C@@H](CCC(=O)O)NC(=O)[C@@H](CC(=O)O)NC(C)=O)C(C)C. The highest BCUT2D eigenvalue weighted by molar-refractivity contribution is 5.97. The van der Waals surface area contributed by atoms with Gasteiger partial charge in [-0.25, -0.2) is 0 Å². The van der Waals surface area contributed by atoms with E-state index in [1.165, 1.54) is 19.5 Å². The molecule has 1 rings (SSSR count). The molecular formula is C44H64N8O12. The Labute approximate surface area is 373 Å². The Hall–Kier alpha value is -6.86. The van der Waals surface area contributed by atoms with Gasteiger partial charge in [0.05, 0.1) is 12.8 Å². The van der Waals surface area contributed by atoms with Crippen molar-refractivity contribution < 1.29 is 58.5 Å². The lowest BCUT2D eigenvalue weighted by Crippen LogP contribution is -2.59. The molecule has 20 nitrogen and oxygen atoms in total. The van der Waals surface area contributed by atoms with Crippen molar-refractivity contribution in [1.82, 2.24) is 31.9 Å². The van der Waals surface area contributed by atoms with Gasteiger partial charge in [-0.3, -0.25) is 48.1 Å². The Bertz CT molecular complexity index is 1860. The molecule has 0 heterocycles. The molecule has 0 radical (unpaired) electrons. The van der Waals surface area contributed by atoms with Crippen LogP contribution in [0.15, 0.2) is 59.1 Å². The first-order chi connectivity index (χ1) is 30.3. The van der Waals surface area contributed by atoms with Gasteiger partial charge in [0, 0.05) is 64.4 Å². The number of nitrogens with zero attached hydrogens (tertiary/aromatic N) is 2. The maximum atomic E-state index is 13.4. The molecule has 1 aromatic rings. The zero-order valence-electron chi connectivity index (χ0n) is 37.3. The van der Waals surface area contributed by atoms with Crippen molar-refractivity contribution in [2.75, 3.05) is 37.6 Å². The molecule has 352 valence electrons. The molecule has 0 aliphatic carbocycles. The van der Waals surface area contributed by atoms with Crippen LogP contribution in [0.4, 0.5) is 5.69 Å². The molecular weight excluding hydrogens is 833 g/mol. The summed E-state index contributed by atoms with van der Waals surface area (Å²) in [5.74, 6) is -9.98. The summed E-state index contributed by atoms with van der Waals surface area (Å²) in [6, 6.07) is 2.07. The van der Waals surface area contributed by atoms with E-state index >= 15 is 0 Å². The number of carboxylic acid groups (broad SMARTS) is 3. The molecule has 0 fully saturated rings. The van der Waals surface area contributed by atoms with Crippen molar-refractivity contribution in [3.63, 3.8) is 0 Å². The molecule has 0 aliphatic rings. The number of nitrogens with one attached hydrogen (secondary N) is 6. The van der Waals surface area contributed by atoms with Gasteiger partial charge in [0.2, 0.25) is 35.4 Å². The van der Waals surface area contributed by atoms with Crippen LogP contribution in [0.25, 0.3) is 6.08 Å². The van der Waals surface area contributed by atoms with E-state index in [0.717, 1.165) is 31.1 Å². The van der Waals surface area contributed by atoms with E-state index in [4.69, 9.17) is 5.11 Å². The molecule has 4 atom stereocenters. The first-order valence-electron chi connectivity index (χ1n) is 21.0. The third-order valence-electron chi connectivity index (χ3n) is 9.27. The summed E-state index contributed by atoms with van der Waals surface area (Å²) in [7, 11) is 0. The van der Waals surface area contributed by atoms with Crippen LogP contribution in [0.3, 0.4) is 0 Å². The predicted octanol–water partition coefficient (Wildman–Crippen LogP) is 1.56. The third-order valence-corrected chi connectivity index (χ3v) is 9.27. The van der Waals surface area contributed by atoms with E-state index in [9.17, 15) is 53.4 Å². The zero-order chi connectivity index (χ0) is 48.2. The van der Waals surface area contributed by atoms with Gasteiger partial charge in [-0.1, -0.05) is 50.3 Å². The van der Waals surface area contributed by atoms with Gasteiger partial charge in [0.1, 0.15) is 24.2 Å². The number of hydrogen-bond acceptors (Lipinski definition) is 11. The van der Waals surface area contributed by atoms with Gasteiger partial charge in [-0.2, -0.15) is 0 Å². The Kier molecular flexibility index (Phi) is 26.1. The van der Waals surface area contributed by atoms with Gasteiger partial charge in [0.15, 0.2) is 0 Å². The number of rotatable bonds is 30. The molecule has 64 heavy (non-hydrogen) atoms. The Morgan fingerprint density at radius 2 is 1.28 bits per heavy atom. The smallest absolute Gasteiger partial charge is 0.305 e. The number of carboxylic acids is 3. The summed E-state index contributed by atoms with van der Waals surface area (Å²) in [5.41, 5.74) is 3.17. The second kappa shape index (κ2) is 30.2. The van der Waals surface area contributed by atoms with Crippen molar-refractivity contribution in [3.05, 3.63) is 59.7 Å². The Morgan fingerprint density at radius 1 is 0.703 bits per heavy atom. The standard InChI is InChI=1S/C44H64N8O12/c1-7-11-30(13-14-31-15-17-32(18-16-31)52(8-2)9-3)21-23-45-22-10-12-36(54)46-24-25-47-41(61)34(26-38(57)58)50-44(64)40(28(4)5)51-42(62)33(19-20-37(55)56)49-43(63)35(27-39(59)60)48-29(6)53/h7,11,13-18,21,23,28,33-35,40H,8-10,12,19-20,22,24-27H2,1-6H3,(H,46,54)(H,47,61)(H,48,53)(H,49,63)(H,50,64)(H,51,62)(H,55,56)(H,57,58)(H,59,60)/b11-7-,14-13?,30-21+,45-23?/t33-,34-,35-,40-/m1/s1. The van der Waals surface area contributed by atoms with Crippen molar-refractivity contribution in [2.24, 2.45) is 10.9 Å². The minimum Gasteiger partial charge on any atom is -0.481 e. The number of carbonyl (C=O) groups is 9. The molecule has 6 amide bonds. The molecule has 0 unspecified atom stereocenters. The van der Waals surface area contributed by atoms with Crippen LogP contribution in [0, 0.1) is 5.92 Å². The van der Waals surface area contributed by atoms with Crippen LogP contribution in [0.5, 0.6) is 0 Å². The highest BCUT2D eigenvalue weighted by Gasteiger charge is 2.34. The fraction of sp³-hybridized carbons (Fsp3) is 0.500. The van der Waals surface area contributed by atoms with E-state index in [1.54, 1.807) is 6.21 Å². The van der Waals surface area contributed by atoms with Crippen LogP contribution in [-0.2, 0) is 43.2 Å². The summed E-state index contributed by atoms with van der Waals surface area (Å²) in [6.45, 7) is 12.4. The summed E-state index contributed by atoms with van der Waals surface area (Å²) in [6.07, 6.45) is 9.22. The fourth-order valence-corrected chi connectivity index (χ4v) is 5.95.